The third kappa shape index (κ3) is 1.67. The summed E-state index contributed by atoms with van der Waals surface area (Å²) in [6, 6.07) is 1.70. The van der Waals surface area contributed by atoms with Crippen molar-refractivity contribution in [2.45, 2.75) is 13.3 Å². The molecule has 0 fully saturated rings. The van der Waals surface area contributed by atoms with Gasteiger partial charge in [-0.15, -0.1) is 11.8 Å². The van der Waals surface area contributed by atoms with E-state index in [0.29, 0.717) is 11.5 Å². The smallest absolute Gasteiger partial charge is 0.181 e. The monoisotopic (exact) mass is 195 g/mol. The second-order valence-electron chi connectivity index (χ2n) is 2.84. The van der Waals surface area contributed by atoms with Gasteiger partial charge in [-0.25, -0.2) is 0 Å². The van der Waals surface area contributed by atoms with Crippen LogP contribution in [0.3, 0.4) is 0 Å². The maximum Gasteiger partial charge on any atom is 0.181 e. The fraction of sp³-hybridized carbons (Fsp3) is 0.333. The number of aromatic nitrogens is 1. The van der Waals surface area contributed by atoms with Crippen molar-refractivity contribution in [3.05, 3.63) is 23.6 Å². The van der Waals surface area contributed by atoms with Gasteiger partial charge in [-0.3, -0.25) is 4.79 Å². The van der Waals surface area contributed by atoms with Crippen LogP contribution in [0, 0.1) is 0 Å². The van der Waals surface area contributed by atoms with Crippen LogP contribution in [0.25, 0.3) is 4.91 Å². The highest BCUT2D eigenvalue weighted by molar-refractivity contribution is 8.08. The fourth-order valence-electron chi connectivity index (χ4n) is 1.15. The van der Waals surface area contributed by atoms with Crippen molar-refractivity contribution in [2.24, 2.45) is 0 Å². The second-order valence-corrected chi connectivity index (χ2v) is 3.97. The third-order valence-electron chi connectivity index (χ3n) is 1.82. The first-order valence-electron chi connectivity index (χ1n) is 4.08. The lowest BCUT2D eigenvalue weighted by molar-refractivity contribution is 0.100. The molecular weight excluding hydrogens is 186 g/mol. The van der Waals surface area contributed by atoms with Crippen molar-refractivity contribution in [3.8, 4) is 0 Å². The van der Waals surface area contributed by atoms with Gasteiger partial charge in [0.2, 0.25) is 0 Å². The van der Waals surface area contributed by atoms with Gasteiger partial charge in [-0.1, -0.05) is 11.2 Å². The number of nitrogens with zero attached hydrogens (tertiary/aromatic N) is 1. The molecule has 0 amide bonds. The van der Waals surface area contributed by atoms with E-state index < -0.39 is 0 Å². The Morgan fingerprint density at radius 2 is 2.54 bits per heavy atom. The highest BCUT2D eigenvalue weighted by Gasteiger charge is 2.14. The number of carbonyl (C=O) groups excluding carboxylic acids is 1. The van der Waals surface area contributed by atoms with Crippen molar-refractivity contribution in [2.75, 3.05) is 5.75 Å². The summed E-state index contributed by atoms with van der Waals surface area (Å²) in [6.45, 7) is 1.48. The predicted octanol–water partition coefficient (Wildman–Crippen LogP) is 2.36. The number of carbonyl (C=O) groups is 1. The van der Waals surface area contributed by atoms with Crippen molar-refractivity contribution in [1.29, 1.82) is 0 Å². The molecule has 0 saturated heterocycles. The minimum atomic E-state index is -0.0569. The van der Waals surface area contributed by atoms with E-state index in [1.807, 2.05) is 0 Å². The van der Waals surface area contributed by atoms with E-state index in [1.165, 1.54) is 6.92 Å². The number of rotatable bonds is 2. The van der Waals surface area contributed by atoms with Crippen molar-refractivity contribution >= 4 is 22.5 Å². The van der Waals surface area contributed by atoms with E-state index in [2.05, 4.69) is 11.2 Å². The Kier molecular flexibility index (Phi) is 2.22. The SMILES string of the molecule is CC(=O)c1cc(C2=CCCS2)on1. The van der Waals surface area contributed by atoms with Gasteiger partial charge in [0, 0.05) is 23.6 Å². The standard InChI is InChI=1S/C9H9NO2S/c1-6(11)7-5-8(12-10-7)9-3-2-4-13-9/h3,5H,2,4H2,1H3. The lowest BCUT2D eigenvalue weighted by Crippen LogP contribution is -1.89. The molecule has 4 heteroatoms. The van der Waals surface area contributed by atoms with E-state index in [1.54, 1.807) is 17.8 Å². The van der Waals surface area contributed by atoms with Gasteiger partial charge in [0.25, 0.3) is 0 Å². The molecule has 0 N–H and O–H groups in total. The van der Waals surface area contributed by atoms with Crippen molar-refractivity contribution < 1.29 is 9.32 Å². The van der Waals surface area contributed by atoms with E-state index in [9.17, 15) is 4.79 Å². The molecule has 68 valence electrons. The molecule has 2 rings (SSSR count). The first-order valence-corrected chi connectivity index (χ1v) is 5.07. The van der Waals surface area contributed by atoms with E-state index in [0.717, 1.165) is 17.1 Å². The second kappa shape index (κ2) is 3.38. The average molecular weight is 195 g/mol. The van der Waals surface area contributed by atoms with Crippen LogP contribution in [-0.2, 0) is 0 Å². The van der Waals surface area contributed by atoms with Crippen LogP contribution >= 0.6 is 11.8 Å². The van der Waals surface area contributed by atoms with E-state index >= 15 is 0 Å². The topological polar surface area (TPSA) is 43.1 Å². The molecule has 0 saturated carbocycles. The molecular formula is C9H9NO2S. The van der Waals surface area contributed by atoms with Crippen LogP contribution in [-0.4, -0.2) is 16.7 Å². The Balaban J connectivity index is 2.27. The summed E-state index contributed by atoms with van der Waals surface area (Å²) < 4.78 is 5.05. The Labute approximate surface area is 80.2 Å². The summed E-state index contributed by atoms with van der Waals surface area (Å²) in [6.07, 6.45) is 3.17. The molecule has 1 aliphatic rings. The number of hydrogen-bond acceptors (Lipinski definition) is 4. The van der Waals surface area contributed by atoms with Gasteiger partial charge in [0.15, 0.2) is 11.5 Å². The molecule has 0 spiro atoms. The molecule has 3 nitrogen and oxygen atoms in total. The van der Waals surface area contributed by atoms with Gasteiger partial charge < -0.3 is 4.52 Å². The number of hydrogen-bond donors (Lipinski definition) is 0. The minimum absolute atomic E-state index is 0.0569. The first-order chi connectivity index (χ1) is 6.27. The summed E-state index contributed by atoms with van der Waals surface area (Å²) in [7, 11) is 0. The lowest BCUT2D eigenvalue weighted by atomic mass is 10.3. The first kappa shape index (κ1) is 8.56. The summed E-state index contributed by atoms with van der Waals surface area (Å²) in [5.41, 5.74) is 0.406. The van der Waals surface area contributed by atoms with Crippen LogP contribution in [0.2, 0.25) is 0 Å². The zero-order valence-corrected chi connectivity index (χ0v) is 8.06. The van der Waals surface area contributed by atoms with Crippen LogP contribution in [0.4, 0.5) is 0 Å². The number of Topliss-reactive ketones (excluding diaryl/α,β-unsaturated/α-hetero) is 1. The van der Waals surface area contributed by atoms with Gasteiger partial charge >= 0.3 is 0 Å². The number of allylic oxidation sites excluding steroid dienone is 1. The summed E-state index contributed by atoms with van der Waals surface area (Å²) in [5, 5.41) is 3.68. The van der Waals surface area contributed by atoms with Gasteiger partial charge in [-0.05, 0) is 6.42 Å². The van der Waals surface area contributed by atoms with Crippen molar-refractivity contribution in [1.82, 2.24) is 5.16 Å². The Morgan fingerprint density at radius 3 is 3.08 bits per heavy atom. The maximum absolute atomic E-state index is 10.9. The number of thioether (sulfide) groups is 1. The summed E-state index contributed by atoms with van der Waals surface area (Å²) >= 11 is 1.74. The molecule has 0 aliphatic carbocycles. The fourth-order valence-corrected chi connectivity index (χ4v) is 2.08. The van der Waals surface area contributed by atoms with E-state index in [4.69, 9.17) is 4.52 Å². The molecule has 1 aromatic rings. The van der Waals surface area contributed by atoms with Gasteiger partial charge in [0.1, 0.15) is 5.69 Å². The molecule has 0 radical (unpaired) electrons. The van der Waals surface area contributed by atoms with Gasteiger partial charge in [-0.2, -0.15) is 0 Å². The Morgan fingerprint density at radius 1 is 1.69 bits per heavy atom. The Hall–Kier alpha value is -1.03. The lowest BCUT2D eigenvalue weighted by Gasteiger charge is -1.90. The largest absolute Gasteiger partial charge is 0.355 e. The summed E-state index contributed by atoms with van der Waals surface area (Å²) in [4.78, 5) is 12.0. The summed E-state index contributed by atoms with van der Waals surface area (Å²) in [5.74, 6) is 1.75. The zero-order chi connectivity index (χ0) is 9.26. The molecule has 0 atom stereocenters. The quantitative estimate of drug-likeness (QED) is 0.679. The molecule has 13 heavy (non-hydrogen) atoms. The van der Waals surface area contributed by atoms with Crippen LogP contribution in [0.15, 0.2) is 16.7 Å². The minimum Gasteiger partial charge on any atom is -0.355 e. The molecule has 2 heterocycles. The molecule has 1 aromatic heterocycles. The molecule has 0 bridgehead atoms. The van der Waals surface area contributed by atoms with E-state index in [-0.39, 0.29) is 5.78 Å². The van der Waals surface area contributed by atoms with Crippen LogP contribution in [0.5, 0.6) is 0 Å². The van der Waals surface area contributed by atoms with Crippen molar-refractivity contribution in [3.63, 3.8) is 0 Å². The number of ketones is 1. The average Bonchev–Trinajstić information content (AvgIpc) is 2.75. The molecule has 0 aromatic carbocycles. The third-order valence-corrected chi connectivity index (χ3v) is 2.94. The highest BCUT2D eigenvalue weighted by atomic mass is 32.2. The molecule has 1 aliphatic heterocycles. The maximum atomic E-state index is 10.9. The normalized spacial score (nSPS) is 15.9. The predicted molar refractivity (Wildman–Crippen MR) is 51.6 cm³/mol. The zero-order valence-electron chi connectivity index (χ0n) is 7.24. The van der Waals surface area contributed by atoms with Gasteiger partial charge in [0.05, 0.1) is 0 Å². The van der Waals surface area contributed by atoms with Crippen LogP contribution in [0.1, 0.15) is 29.6 Å². The highest BCUT2D eigenvalue weighted by Crippen LogP contribution is 2.33. The van der Waals surface area contributed by atoms with Crippen LogP contribution < -0.4 is 0 Å². The Bertz CT molecular complexity index is 367. The molecule has 0 unspecified atom stereocenters.